The SMILES string of the molecule is Cc1cccc([N+](=O)[O-])c1-n1cc(CN2[C@H](C)CN(C(=O)c3cnn(-c4ccc(Cl)cc4Cl)c3C3CC3)C[C@@H]2C)nn1. The van der Waals surface area contributed by atoms with E-state index in [1.165, 1.54) is 10.7 Å². The second-order valence-electron chi connectivity index (χ2n) is 11.2. The Labute approximate surface area is 252 Å². The van der Waals surface area contributed by atoms with E-state index in [0.29, 0.717) is 52.3 Å². The molecule has 1 saturated heterocycles. The minimum atomic E-state index is -0.410. The van der Waals surface area contributed by atoms with Gasteiger partial charge in [-0.2, -0.15) is 5.10 Å². The van der Waals surface area contributed by atoms with Crippen LogP contribution in [0, 0.1) is 17.0 Å². The lowest BCUT2D eigenvalue weighted by Gasteiger charge is -2.44. The Bertz CT molecular complexity index is 1670. The summed E-state index contributed by atoms with van der Waals surface area (Å²) in [5.74, 6) is 0.227. The van der Waals surface area contributed by atoms with Gasteiger partial charge in [0.2, 0.25) is 0 Å². The smallest absolute Gasteiger partial charge is 0.295 e. The number of rotatable bonds is 7. The van der Waals surface area contributed by atoms with E-state index in [2.05, 4.69) is 34.2 Å². The van der Waals surface area contributed by atoms with E-state index < -0.39 is 4.92 Å². The Balaban J connectivity index is 1.19. The first-order valence-corrected chi connectivity index (χ1v) is 14.6. The van der Waals surface area contributed by atoms with Crippen molar-refractivity contribution in [3.05, 3.63) is 91.5 Å². The van der Waals surface area contributed by atoms with Crippen molar-refractivity contribution in [2.75, 3.05) is 13.1 Å². The van der Waals surface area contributed by atoms with Crippen molar-refractivity contribution in [2.24, 2.45) is 0 Å². The number of carbonyl (C=O) groups is 1. The van der Waals surface area contributed by atoms with Crippen molar-refractivity contribution in [2.45, 2.75) is 58.2 Å². The summed E-state index contributed by atoms with van der Waals surface area (Å²) in [6, 6.07) is 10.3. The molecule has 1 aliphatic heterocycles. The first-order chi connectivity index (χ1) is 20.1. The highest BCUT2D eigenvalue weighted by atomic mass is 35.5. The summed E-state index contributed by atoms with van der Waals surface area (Å²) < 4.78 is 3.26. The summed E-state index contributed by atoms with van der Waals surface area (Å²) in [6.45, 7) is 7.57. The molecule has 1 amide bonds. The van der Waals surface area contributed by atoms with Crippen molar-refractivity contribution >= 4 is 34.8 Å². The fraction of sp³-hybridized carbons (Fsp3) is 0.379. The zero-order valence-electron chi connectivity index (χ0n) is 23.4. The summed E-state index contributed by atoms with van der Waals surface area (Å²) in [4.78, 5) is 29.3. The lowest BCUT2D eigenvalue weighted by Crippen LogP contribution is -2.57. The van der Waals surface area contributed by atoms with Gasteiger partial charge in [-0.15, -0.1) is 5.10 Å². The van der Waals surface area contributed by atoms with E-state index in [9.17, 15) is 14.9 Å². The van der Waals surface area contributed by atoms with Crippen molar-refractivity contribution in [1.82, 2.24) is 34.6 Å². The van der Waals surface area contributed by atoms with E-state index in [0.717, 1.165) is 24.1 Å². The van der Waals surface area contributed by atoms with Gasteiger partial charge in [-0.3, -0.25) is 19.8 Å². The van der Waals surface area contributed by atoms with Crippen LogP contribution in [0.15, 0.2) is 48.8 Å². The van der Waals surface area contributed by atoms with Gasteiger partial charge in [0.1, 0.15) is 5.69 Å². The van der Waals surface area contributed by atoms with Gasteiger partial charge in [-0.05, 0) is 57.4 Å². The lowest BCUT2D eigenvalue weighted by molar-refractivity contribution is -0.384. The van der Waals surface area contributed by atoms with Gasteiger partial charge in [-0.25, -0.2) is 9.36 Å². The van der Waals surface area contributed by atoms with Crippen molar-refractivity contribution in [3.63, 3.8) is 0 Å². The third kappa shape index (κ3) is 5.28. The number of benzene rings is 2. The number of aromatic nitrogens is 5. The van der Waals surface area contributed by atoms with E-state index in [1.54, 1.807) is 35.3 Å². The van der Waals surface area contributed by atoms with Crippen LogP contribution in [0.1, 0.15) is 59.9 Å². The molecule has 2 aliphatic rings. The molecule has 1 saturated carbocycles. The normalized spacial score (nSPS) is 19.3. The average Bonchev–Trinajstić information content (AvgIpc) is 3.52. The number of halogens is 2. The largest absolute Gasteiger partial charge is 0.335 e. The number of nitro groups is 1. The van der Waals surface area contributed by atoms with Gasteiger partial charge in [0.25, 0.3) is 11.6 Å². The van der Waals surface area contributed by atoms with E-state index in [1.807, 2.05) is 24.0 Å². The van der Waals surface area contributed by atoms with Gasteiger partial charge < -0.3 is 4.90 Å². The quantitative estimate of drug-likeness (QED) is 0.198. The predicted molar refractivity (Wildman–Crippen MR) is 159 cm³/mol. The molecule has 42 heavy (non-hydrogen) atoms. The number of piperazine rings is 1. The molecule has 2 aromatic carbocycles. The van der Waals surface area contributed by atoms with Crippen LogP contribution in [0.3, 0.4) is 0 Å². The molecular weight excluding hydrogens is 579 g/mol. The molecule has 2 aromatic heterocycles. The van der Waals surface area contributed by atoms with E-state index >= 15 is 0 Å². The molecule has 1 aliphatic carbocycles. The van der Waals surface area contributed by atoms with Crippen LogP contribution in [0.2, 0.25) is 10.0 Å². The van der Waals surface area contributed by atoms with E-state index in [4.69, 9.17) is 23.2 Å². The number of hydrogen-bond donors (Lipinski definition) is 0. The Morgan fingerprint density at radius 1 is 1.12 bits per heavy atom. The third-order valence-electron chi connectivity index (χ3n) is 8.06. The summed E-state index contributed by atoms with van der Waals surface area (Å²) in [5.41, 5.74) is 4.03. The number of amides is 1. The molecular formula is C29H30Cl2N8O3. The fourth-order valence-corrected chi connectivity index (χ4v) is 6.37. The summed E-state index contributed by atoms with van der Waals surface area (Å²) in [5, 5.41) is 25.7. The highest BCUT2D eigenvalue weighted by Gasteiger charge is 2.38. The van der Waals surface area contributed by atoms with Gasteiger partial charge in [0, 0.05) is 48.7 Å². The first-order valence-electron chi connectivity index (χ1n) is 13.9. The van der Waals surface area contributed by atoms with Crippen LogP contribution in [-0.4, -0.2) is 70.6 Å². The molecule has 0 bridgehead atoms. The standard InChI is InChI=1S/C29H30Cl2N8O3/c1-17-5-4-6-26(39(41)42)27(17)37-16-22(33-34-37)15-36-18(2)13-35(14-19(36)3)29(40)23-12-32-38(28(23)20-7-8-20)25-10-9-21(30)11-24(25)31/h4-6,9-12,16,18-20H,7-8,13-15H2,1-3H3/t18-,19+. The first kappa shape index (κ1) is 28.3. The minimum Gasteiger partial charge on any atom is -0.335 e. The molecule has 3 heterocycles. The second kappa shape index (κ2) is 11.1. The summed E-state index contributed by atoms with van der Waals surface area (Å²) in [7, 11) is 0. The minimum absolute atomic E-state index is 0.0208. The maximum absolute atomic E-state index is 13.9. The van der Waals surface area contributed by atoms with Crippen LogP contribution >= 0.6 is 23.2 Å². The molecule has 4 aromatic rings. The molecule has 0 spiro atoms. The third-order valence-corrected chi connectivity index (χ3v) is 8.59. The molecule has 0 unspecified atom stereocenters. The topological polar surface area (TPSA) is 115 Å². The Kier molecular flexibility index (Phi) is 7.50. The maximum Gasteiger partial charge on any atom is 0.295 e. The van der Waals surface area contributed by atoms with E-state index in [-0.39, 0.29) is 29.6 Å². The molecule has 11 nitrogen and oxygen atoms in total. The van der Waals surface area contributed by atoms with Crippen LogP contribution in [-0.2, 0) is 6.54 Å². The molecule has 0 N–H and O–H groups in total. The number of aryl methyl sites for hydroxylation is 1. The summed E-state index contributed by atoms with van der Waals surface area (Å²) >= 11 is 12.6. The molecule has 218 valence electrons. The van der Waals surface area contributed by atoms with Crippen LogP contribution in [0.4, 0.5) is 5.69 Å². The average molecular weight is 610 g/mol. The number of hydrogen-bond acceptors (Lipinski definition) is 7. The Morgan fingerprint density at radius 2 is 1.86 bits per heavy atom. The van der Waals surface area contributed by atoms with Crippen LogP contribution in [0.5, 0.6) is 0 Å². The number of nitrogens with zero attached hydrogens (tertiary/aromatic N) is 8. The van der Waals surface area contributed by atoms with Crippen molar-refractivity contribution in [3.8, 4) is 11.4 Å². The maximum atomic E-state index is 13.9. The van der Waals surface area contributed by atoms with Crippen LogP contribution < -0.4 is 0 Å². The predicted octanol–water partition coefficient (Wildman–Crippen LogP) is 5.59. The number of para-hydroxylation sites is 1. The zero-order valence-corrected chi connectivity index (χ0v) is 25.0. The lowest BCUT2D eigenvalue weighted by atomic mass is 10.1. The zero-order chi connectivity index (χ0) is 29.7. The number of carbonyl (C=O) groups excluding carboxylic acids is 1. The van der Waals surface area contributed by atoms with Gasteiger partial charge in [0.05, 0.1) is 45.0 Å². The molecule has 2 fully saturated rings. The van der Waals surface area contributed by atoms with Gasteiger partial charge in [0.15, 0.2) is 0 Å². The van der Waals surface area contributed by atoms with Crippen LogP contribution in [0.25, 0.3) is 11.4 Å². The second-order valence-corrected chi connectivity index (χ2v) is 12.0. The highest BCUT2D eigenvalue weighted by molar-refractivity contribution is 6.35. The van der Waals surface area contributed by atoms with Gasteiger partial charge in [-0.1, -0.05) is 40.5 Å². The summed E-state index contributed by atoms with van der Waals surface area (Å²) in [6.07, 6.45) is 5.41. The van der Waals surface area contributed by atoms with Gasteiger partial charge >= 0.3 is 0 Å². The molecule has 2 atom stereocenters. The molecule has 0 radical (unpaired) electrons. The highest BCUT2D eigenvalue weighted by Crippen LogP contribution is 2.43. The molecule has 6 rings (SSSR count). The number of nitro benzene ring substituents is 1. The fourth-order valence-electron chi connectivity index (χ4n) is 5.88. The monoisotopic (exact) mass is 608 g/mol. The molecule has 13 heteroatoms. The van der Waals surface area contributed by atoms with Crippen molar-refractivity contribution in [1.29, 1.82) is 0 Å². The van der Waals surface area contributed by atoms with Crippen molar-refractivity contribution < 1.29 is 9.72 Å². The Morgan fingerprint density at radius 3 is 2.52 bits per heavy atom. The Hall–Kier alpha value is -3.80.